The first-order chi connectivity index (χ1) is 7.58. The van der Waals surface area contributed by atoms with E-state index < -0.39 is 0 Å². The number of amides is 1. The van der Waals surface area contributed by atoms with Crippen molar-refractivity contribution in [2.24, 2.45) is 0 Å². The van der Waals surface area contributed by atoms with Gasteiger partial charge in [-0.1, -0.05) is 6.92 Å². The van der Waals surface area contributed by atoms with Crippen LogP contribution in [-0.2, 0) is 0 Å². The van der Waals surface area contributed by atoms with E-state index in [4.69, 9.17) is 10.8 Å². The van der Waals surface area contributed by atoms with Gasteiger partial charge < -0.3 is 16.2 Å². The number of nitrogens with zero attached hydrogens (tertiary/aromatic N) is 1. The third-order valence-corrected chi connectivity index (χ3v) is 2.40. The van der Waals surface area contributed by atoms with Crippen molar-refractivity contribution in [3.05, 3.63) is 23.5 Å². The summed E-state index contributed by atoms with van der Waals surface area (Å²) in [6.07, 6.45) is 2.19. The first kappa shape index (κ1) is 12.4. The Morgan fingerprint density at radius 3 is 2.94 bits per heavy atom. The summed E-state index contributed by atoms with van der Waals surface area (Å²) in [5, 5.41) is 11.7. The van der Waals surface area contributed by atoms with Crippen LogP contribution in [0.25, 0.3) is 0 Å². The molecule has 1 heterocycles. The molecule has 0 aliphatic rings. The lowest BCUT2D eigenvalue weighted by Gasteiger charge is -2.14. The van der Waals surface area contributed by atoms with Crippen LogP contribution in [0.1, 0.15) is 29.4 Å². The average molecular weight is 223 g/mol. The van der Waals surface area contributed by atoms with E-state index in [9.17, 15) is 4.79 Å². The molecule has 0 saturated heterocycles. The minimum atomic E-state index is -0.252. The Labute approximate surface area is 94.7 Å². The molecule has 88 valence electrons. The second kappa shape index (κ2) is 5.46. The van der Waals surface area contributed by atoms with Gasteiger partial charge in [0.15, 0.2) is 0 Å². The number of nitrogens with two attached hydrogens (primary N) is 1. The predicted molar refractivity (Wildman–Crippen MR) is 62.0 cm³/mol. The van der Waals surface area contributed by atoms with Gasteiger partial charge in [-0.15, -0.1) is 0 Å². The SMILES string of the molecule is CC[C@@H](CO)NC(=O)c1cc(N)cnc1C. The van der Waals surface area contributed by atoms with E-state index in [2.05, 4.69) is 10.3 Å². The molecule has 1 rings (SSSR count). The zero-order chi connectivity index (χ0) is 12.1. The van der Waals surface area contributed by atoms with Gasteiger partial charge in [0.05, 0.1) is 35.8 Å². The fourth-order valence-corrected chi connectivity index (χ4v) is 1.32. The summed E-state index contributed by atoms with van der Waals surface area (Å²) in [7, 11) is 0. The zero-order valence-electron chi connectivity index (χ0n) is 9.53. The summed E-state index contributed by atoms with van der Waals surface area (Å²) >= 11 is 0. The molecule has 0 aromatic carbocycles. The van der Waals surface area contributed by atoms with Crippen LogP contribution in [0.2, 0.25) is 0 Å². The van der Waals surface area contributed by atoms with Gasteiger partial charge >= 0.3 is 0 Å². The normalized spacial score (nSPS) is 12.2. The van der Waals surface area contributed by atoms with E-state index in [1.54, 1.807) is 13.0 Å². The maximum Gasteiger partial charge on any atom is 0.253 e. The number of carbonyl (C=O) groups excluding carboxylic acids is 1. The highest BCUT2D eigenvalue weighted by Gasteiger charge is 2.14. The Morgan fingerprint density at radius 2 is 2.38 bits per heavy atom. The van der Waals surface area contributed by atoms with Crippen LogP contribution in [0.15, 0.2) is 12.3 Å². The Morgan fingerprint density at radius 1 is 1.69 bits per heavy atom. The number of aliphatic hydroxyl groups excluding tert-OH is 1. The fraction of sp³-hybridized carbons (Fsp3) is 0.455. The fourth-order valence-electron chi connectivity index (χ4n) is 1.32. The second-order valence-electron chi connectivity index (χ2n) is 3.66. The zero-order valence-corrected chi connectivity index (χ0v) is 9.53. The number of aliphatic hydroxyl groups is 1. The molecule has 0 aliphatic carbocycles. The second-order valence-corrected chi connectivity index (χ2v) is 3.66. The third-order valence-electron chi connectivity index (χ3n) is 2.40. The number of nitrogens with one attached hydrogen (secondary N) is 1. The molecule has 4 N–H and O–H groups in total. The number of pyridine rings is 1. The molecule has 1 amide bonds. The summed E-state index contributed by atoms with van der Waals surface area (Å²) in [4.78, 5) is 15.8. The highest BCUT2D eigenvalue weighted by atomic mass is 16.3. The van der Waals surface area contributed by atoms with Crippen molar-refractivity contribution >= 4 is 11.6 Å². The predicted octanol–water partition coefficient (Wildman–Crippen LogP) is 0.473. The third kappa shape index (κ3) is 2.93. The summed E-state index contributed by atoms with van der Waals surface area (Å²) < 4.78 is 0. The monoisotopic (exact) mass is 223 g/mol. The van der Waals surface area contributed by atoms with E-state index in [0.29, 0.717) is 23.4 Å². The summed E-state index contributed by atoms with van der Waals surface area (Å²) in [6.45, 7) is 3.57. The number of carbonyl (C=O) groups is 1. The highest BCUT2D eigenvalue weighted by Crippen LogP contribution is 2.09. The molecule has 0 fully saturated rings. The Bertz CT molecular complexity index is 375. The number of hydrogen-bond donors (Lipinski definition) is 3. The van der Waals surface area contributed by atoms with Crippen LogP contribution in [0.3, 0.4) is 0 Å². The molecule has 1 atom stereocenters. The van der Waals surface area contributed by atoms with Gasteiger partial charge in [-0.2, -0.15) is 0 Å². The average Bonchev–Trinajstić information content (AvgIpc) is 2.28. The highest BCUT2D eigenvalue weighted by molar-refractivity contribution is 5.96. The smallest absolute Gasteiger partial charge is 0.253 e. The summed E-state index contributed by atoms with van der Waals surface area (Å²) in [5.74, 6) is -0.252. The van der Waals surface area contributed by atoms with Gasteiger partial charge in [0, 0.05) is 0 Å². The standard InChI is InChI=1S/C11H17N3O2/c1-3-9(6-15)14-11(16)10-4-8(12)5-13-7(10)2/h4-5,9,15H,3,6,12H2,1-2H3,(H,14,16)/t9-/m0/s1. The number of aryl methyl sites for hydroxylation is 1. The van der Waals surface area contributed by atoms with Crippen LogP contribution in [0, 0.1) is 6.92 Å². The van der Waals surface area contributed by atoms with Gasteiger partial charge in [0.1, 0.15) is 0 Å². The first-order valence-electron chi connectivity index (χ1n) is 5.22. The van der Waals surface area contributed by atoms with E-state index in [0.717, 1.165) is 0 Å². The number of nitrogen functional groups attached to an aromatic ring is 1. The maximum absolute atomic E-state index is 11.8. The Kier molecular flexibility index (Phi) is 4.25. The molecule has 1 aromatic heterocycles. The Hall–Kier alpha value is -1.62. The minimum absolute atomic E-state index is 0.0724. The van der Waals surface area contributed by atoms with Crippen molar-refractivity contribution < 1.29 is 9.90 Å². The summed E-state index contributed by atoms with van der Waals surface area (Å²) in [5.41, 5.74) is 7.10. The molecule has 0 spiro atoms. The molecule has 0 unspecified atom stereocenters. The first-order valence-corrected chi connectivity index (χ1v) is 5.22. The van der Waals surface area contributed by atoms with Crippen LogP contribution in [-0.4, -0.2) is 28.6 Å². The molecule has 5 heteroatoms. The van der Waals surface area contributed by atoms with Gasteiger partial charge in [-0.3, -0.25) is 9.78 Å². The molecule has 0 saturated carbocycles. The van der Waals surface area contributed by atoms with Gasteiger partial charge in [0.25, 0.3) is 5.91 Å². The number of rotatable bonds is 4. The topological polar surface area (TPSA) is 88.2 Å². The van der Waals surface area contributed by atoms with Crippen LogP contribution in [0.5, 0.6) is 0 Å². The van der Waals surface area contributed by atoms with Crippen molar-refractivity contribution in [1.82, 2.24) is 10.3 Å². The molecular weight excluding hydrogens is 206 g/mol. The molecule has 16 heavy (non-hydrogen) atoms. The van der Waals surface area contributed by atoms with Crippen LogP contribution in [0.4, 0.5) is 5.69 Å². The van der Waals surface area contributed by atoms with Crippen molar-refractivity contribution in [2.75, 3.05) is 12.3 Å². The van der Waals surface area contributed by atoms with E-state index in [1.165, 1.54) is 6.20 Å². The van der Waals surface area contributed by atoms with Crippen LogP contribution < -0.4 is 11.1 Å². The molecule has 5 nitrogen and oxygen atoms in total. The van der Waals surface area contributed by atoms with Crippen molar-refractivity contribution in [3.8, 4) is 0 Å². The van der Waals surface area contributed by atoms with Crippen molar-refractivity contribution in [3.63, 3.8) is 0 Å². The molecule has 0 aliphatic heterocycles. The molecule has 0 radical (unpaired) electrons. The van der Waals surface area contributed by atoms with E-state index >= 15 is 0 Å². The van der Waals surface area contributed by atoms with Gasteiger partial charge in [0.2, 0.25) is 0 Å². The molecule has 1 aromatic rings. The summed E-state index contributed by atoms with van der Waals surface area (Å²) in [6, 6.07) is 1.36. The maximum atomic E-state index is 11.8. The lowest BCUT2D eigenvalue weighted by Crippen LogP contribution is -2.37. The van der Waals surface area contributed by atoms with Gasteiger partial charge in [-0.05, 0) is 19.4 Å². The quantitative estimate of drug-likeness (QED) is 0.692. The molecular formula is C11H17N3O2. The van der Waals surface area contributed by atoms with Crippen molar-refractivity contribution in [1.29, 1.82) is 0 Å². The lowest BCUT2D eigenvalue weighted by molar-refractivity contribution is 0.0914. The van der Waals surface area contributed by atoms with Crippen molar-refractivity contribution in [2.45, 2.75) is 26.3 Å². The van der Waals surface area contributed by atoms with Gasteiger partial charge in [-0.25, -0.2) is 0 Å². The minimum Gasteiger partial charge on any atom is -0.397 e. The Balaban J connectivity index is 2.83. The largest absolute Gasteiger partial charge is 0.397 e. The van der Waals surface area contributed by atoms with E-state index in [-0.39, 0.29) is 18.6 Å². The number of aromatic nitrogens is 1. The number of hydrogen-bond acceptors (Lipinski definition) is 4. The van der Waals surface area contributed by atoms with E-state index in [1.807, 2.05) is 6.92 Å². The molecule has 0 bridgehead atoms. The number of anilines is 1. The van der Waals surface area contributed by atoms with Crippen LogP contribution >= 0.6 is 0 Å². The lowest BCUT2D eigenvalue weighted by atomic mass is 10.1.